The number of thioether (sulfide) groups is 1. The van der Waals surface area contributed by atoms with Gasteiger partial charge in [-0.3, -0.25) is 19.3 Å². The van der Waals surface area contributed by atoms with Gasteiger partial charge in [0, 0.05) is 15.7 Å². The number of hydrogen-bond acceptors (Lipinski definition) is 5. The molecule has 3 aromatic rings. The maximum atomic E-state index is 12.7. The molecule has 3 amide bonds. The van der Waals surface area contributed by atoms with Gasteiger partial charge >= 0.3 is 0 Å². The molecule has 0 atom stereocenters. The predicted octanol–water partition coefficient (Wildman–Crippen LogP) is 6.25. The Bertz CT molecular complexity index is 1240. The van der Waals surface area contributed by atoms with Crippen LogP contribution in [0.2, 0.25) is 10.0 Å². The molecule has 6 nitrogen and oxygen atoms in total. The first-order valence-corrected chi connectivity index (χ1v) is 11.7. The summed E-state index contributed by atoms with van der Waals surface area (Å²) < 4.78 is 5.52. The Kier molecular flexibility index (Phi) is 7.57. The van der Waals surface area contributed by atoms with Crippen LogP contribution in [0.25, 0.3) is 6.08 Å². The zero-order valence-corrected chi connectivity index (χ0v) is 20.0. The predicted molar refractivity (Wildman–Crippen MR) is 135 cm³/mol. The second kappa shape index (κ2) is 10.8. The van der Waals surface area contributed by atoms with Gasteiger partial charge in [0.2, 0.25) is 0 Å². The van der Waals surface area contributed by atoms with Crippen LogP contribution >= 0.6 is 35.0 Å². The van der Waals surface area contributed by atoms with Crippen LogP contribution in [-0.2, 0) is 16.1 Å². The van der Waals surface area contributed by atoms with Gasteiger partial charge in [0.15, 0.2) is 6.61 Å². The molecule has 0 unspecified atom stereocenters. The Morgan fingerprint density at radius 3 is 2.18 bits per heavy atom. The van der Waals surface area contributed by atoms with Crippen molar-refractivity contribution in [3.8, 4) is 5.75 Å². The van der Waals surface area contributed by atoms with E-state index in [-0.39, 0.29) is 30.2 Å². The van der Waals surface area contributed by atoms with Crippen molar-refractivity contribution in [2.45, 2.75) is 6.54 Å². The maximum absolute atomic E-state index is 12.7. The monoisotopic (exact) mass is 512 g/mol. The average Bonchev–Trinajstić information content (AvgIpc) is 3.09. The first kappa shape index (κ1) is 23.9. The number of amides is 3. The lowest BCUT2D eigenvalue weighted by Crippen LogP contribution is -2.27. The van der Waals surface area contributed by atoms with Crippen LogP contribution in [-0.4, -0.2) is 28.6 Å². The first-order chi connectivity index (χ1) is 16.4. The van der Waals surface area contributed by atoms with E-state index in [0.717, 1.165) is 22.9 Å². The molecule has 4 rings (SSSR count). The van der Waals surface area contributed by atoms with Crippen molar-refractivity contribution in [3.05, 3.63) is 98.9 Å². The summed E-state index contributed by atoms with van der Waals surface area (Å²) in [4.78, 5) is 38.7. The van der Waals surface area contributed by atoms with E-state index >= 15 is 0 Å². The molecule has 0 spiro atoms. The topological polar surface area (TPSA) is 75.7 Å². The molecule has 3 aromatic carbocycles. The van der Waals surface area contributed by atoms with Gasteiger partial charge < -0.3 is 10.1 Å². The number of rotatable bonds is 7. The van der Waals surface area contributed by atoms with E-state index < -0.39 is 0 Å². The Balaban J connectivity index is 1.33. The third-order valence-electron chi connectivity index (χ3n) is 4.80. The molecule has 0 aromatic heterocycles. The summed E-state index contributed by atoms with van der Waals surface area (Å²) >= 11 is 12.6. The summed E-state index contributed by atoms with van der Waals surface area (Å²) in [5.74, 6) is -0.149. The van der Waals surface area contributed by atoms with E-state index in [9.17, 15) is 14.4 Å². The highest BCUT2D eigenvalue weighted by Gasteiger charge is 2.34. The third-order valence-corrected chi connectivity index (χ3v) is 6.21. The molecule has 34 heavy (non-hydrogen) atoms. The molecule has 1 aliphatic heterocycles. The fraction of sp³-hybridized carbons (Fsp3) is 0.0800. The highest BCUT2D eigenvalue weighted by atomic mass is 35.5. The number of carbonyl (C=O) groups excluding carboxylic acids is 3. The number of hydrogen-bond donors (Lipinski definition) is 1. The molecule has 172 valence electrons. The lowest BCUT2D eigenvalue weighted by Gasteiger charge is -2.12. The number of imide groups is 1. The second-order valence-electron chi connectivity index (χ2n) is 7.31. The van der Waals surface area contributed by atoms with Gasteiger partial charge in [0.1, 0.15) is 5.75 Å². The average molecular weight is 513 g/mol. The summed E-state index contributed by atoms with van der Waals surface area (Å²) in [7, 11) is 0. The van der Waals surface area contributed by atoms with E-state index in [1.807, 2.05) is 0 Å². The van der Waals surface area contributed by atoms with Crippen molar-refractivity contribution in [2.75, 3.05) is 11.9 Å². The molecule has 1 N–H and O–H groups in total. The van der Waals surface area contributed by atoms with Crippen molar-refractivity contribution in [3.63, 3.8) is 0 Å². The van der Waals surface area contributed by atoms with E-state index in [0.29, 0.717) is 26.4 Å². The summed E-state index contributed by atoms with van der Waals surface area (Å²) in [5.41, 5.74) is 2.17. The van der Waals surface area contributed by atoms with Crippen LogP contribution in [0.3, 0.4) is 0 Å². The van der Waals surface area contributed by atoms with Crippen molar-refractivity contribution >= 4 is 63.8 Å². The summed E-state index contributed by atoms with van der Waals surface area (Å²) in [6.45, 7) is 0.0234. The minimum atomic E-state index is -0.343. The fourth-order valence-corrected chi connectivity index (χ4v) is 4.19. The zero-order valence-electron chi connectivity index (χ0n) is 17.7. The van der Waals surface area contributed by atoms with E-state index in [4.69, 9.17) is 27.9 Å². The Hall–Kier alpha value is -3.26. The quantitative estimate of drug-likeness (QED) is 0.378. The van der Waals surface area contributed by atoms with Gasteiger partial charge in [-0.2, -0.15) is 0 Å². The number of ether oxygens (including phenoxy) is 1. The molecule has 0 bridgehead atoms. The summed E-state index contributed by atoms with van der Waals surface area (Å²) in [6.07, 6.45) is 1.66. The van der Waals surface area contributed by atoms with Gasteiger partial charge in [0.05, 0.1) is 11.4 Å². The minimum Gasteiger partial charge on any atom is -0.484 e. The first-order valence-electron chi connectivity index (χ1n) is 10.2. The molecular formula is C25H18Cl2N2O4S. The number of nitrogens with one attached hydrogen (secondary N) is 1. The number of carbonyl (C=O) groups is 3. The Labute approximate surface area is 210 Å². The van der Waals surface area contributed by atoms with E-state index in [1.54, 1.807) is 78.9 Å². The SMILES string of the molecule is O=C(COc1ccc(/C=C2\SC(=O)N(Cc3ccc(Cl)cc3)C2=O)cc1)Nc1ccc(Cl)cc1. The number of benzene rings is 3. The molecule has 1 aliphatic rings. The molecular weight excluding hydrogens is 495 g/mol. The lowest BCUT2D eigenvalue weighted by atomic mass is 10.2. The third kappa shape index (κ3) is 6.20. The smallest absolute Gasteiger partial charge is 0.293 e. The van der Waals surface area contributed by atoms with E-state index in [1.165, 1.54) is 4.90 Å². The van der Waals surface area contributed by atoms with Gasteiger partial charge in [-0.25, -0.2) is 0 Å². The molecule has 0 saturated carbocycles. The second-order valence-corrected chi connectivity index (χ2v) is 9.17. The highest BCUT2D eigenvalue weighted by molar-refractivity contribution is 8.18. The normalized spacial score (nSPS) is 14.5. The van der Waals surface area contributed by atoms with E-state index in [2.05, 4.69) is 5.32 Å². The summed E-state index contributed by atoms with van der Waals surface area (Å²) in [6, 6.07) is 20.7. The largest absolute Gasteiger partial charge is 0.484 e. The molecule has 9 heteroatoms. The molecule has 0 aliphatic carbocycles. The van der Waals surface area contributed by atoms with Gasteiger partial charge in [-0.15, -0.1) is 0 Å². The Morgan fingerprint density at radius 1 is 0.912 bits per heavy atom. The number of halogens is 2. The Morgan fingerprint density at radius 2 is 1.53 bits per heavy atom. The standard InChI is InChI=1S/C25H18Cl2N2O4S/c26-18-5-1-17(2-6-18)14-29-24(31)22(34-25(29)32)13-16-3-11-21(12-4-16)33-15-23(30)28-20-9-7-19(27)8-10-20/h1-13H,14-15H2,(H,28,30)/b22-13-. The van der Waals surface area contributed by atoms with Crippen LogP contribution in [0.5, 0.6) is 5.75 Å². The minimum absolute atomic E-state index is 0.161. The maximum Gasteiger partial charge on any atom is 0.293 e. The van der Waals surface area contributed by atoms with Crippen molar-refractivity contribution in [2.24, 2.45) is 0 Å². The molecule has 0 radical (unpaired) electrons. The van der Waals surface area contributed by atoms with Crippen LogP contribution in [0, 0.1) is 0 Å². The number of anilines is 1. The summed E-state index contributed by atoms with van der Waals surface area (Å²) in [5, 5.41) is 3.57. The van der Waals surface area contributed by atoms with Crippen molar-refractivity contribution in [1.82, 2.24) is 4.90 Å². The van der Waals surface area contributed by atoms with Crippen LogP contribution < -0.4 is 10.1 Å². The van der Waals surface area contributed by atoms with Crippen molar-refractivity contribution < 1.29 is 19.1 Å². The van der Waals surface area contributed by atoms with Crippen molar-refractivity contribution in [1.29, 1.82) is 0 Å². The highest BCUT2D eigenvalue weighted by Crippen LogP contribution is 2.33. The zero-order chi connectivity index (χ0) is 24.1. The van der Waals surface area contributed by atoms with Gasteiger partial charge in [-0.1, -0.05) is 47.5 Å². The van der Waals surface area contributed by atoms with Gasteiger partial charge in [-0.05, 0) is 77.5 Å². The lowest BCUT2D eigenvalue weighted by molar-refractivity contribution is -0.123. The number of nitrogens with zero attached hydrogens (tertiary/aromatic N) is 1. The van der Waals surface area contributed by atoms with Crippen LogP contribution in [0.15, 0.2) is 77.7 Å². The fourth-order valence-electron chi connectivity index (χ4n) is 3.10. The van der Waals surface area contributed by atoms with Gasteiger partial charge in [0.25, 0.3) is 17.1 Å². The van der Waals surface area contributed by atoms with Crippen LogP contribution in [0.4, 0.5) is 10.5 Å². The van der Waals surface area contributed by atoms with Crippen LogP contribution in [0.1, 0.15) is 11.1 Å². The molecule has 1 heterocycles. The molecule has 1 fully saturated rings. The molecule has 1 saturated heterocycles.